The Hall–Kier alpha value is -1.27. The van der Waals surface area contributed by atoms with Crippen molar-refractivity contribution in [2.75, 3.05) is 32.7 Å². The van der Waals surface area contributed by atoms with Crippen LogP contribution >= 0.6 is 15.9 Å². The zero-order valence-electron chi connectivity index (χ0n) is 16.8. The maximum Gasteiger partial charge on any atom is 0.0544 e. The minimum absolute atomic E-state index is 0.656. The van der Waals surface area contributed by atoms with Gasteiger partial charge in [-0.05, 0) is 53.4 Å². The molecule has 2 saturated heterocycles. The molecule has 28 heavy (non-hydrogen) atoms. The smallest absolute Gasteiger partial charge is 0.0544 e. The lowest BCUT2D eigenvalue weighted by Gasteiger charge is -2.45. The van der Waals surface area contributed by atoms with Crippen LogP contribution in [-0.2, 0) is 13.1 Å². The van der Waals surface area contributed by atoms with E-state index < -0.39 is 0 Å². The van der Waals surface area contributed by atoms with Gasteiger partial charge >= 0.3 is 0 Å². The number of piperidine rings is 1. The summed E-state index contributed by atoms with van der Waals surface area (Å²) in [5, 5.41) is 0. The second kappa shape index (κ2) is 9.49. The van der Waals surface area contributed by atoms with Gasteiger partial charge in [0.05, 0.1) is 5.69 Å². The number of aromatic nitrogens is 1. The number of rotatable bonds is 5. The maximum absolute atomic E-state index is 4.53. The monoisotopic (exact) mass is 442 g/mol. The fourth-order valence-electron chi connectivity index (χ4n) is 4.60. The molecule has 0 N–H and O–H groups in total. The van der Waals surface area contributed by atoms with E-state index in [-0.39, 0.29) is 0 Å². The van der Waals surface area contributed by atoms with E-state index in [0.717, 1.165) is 36.7 Å². The fraction of sp³-hybridized carbons (Fsp3) is 0.522. The molecule has 2 fully saturated rings. The highest BCUT2D eigenvalue weighted by Gasteiger charge is 2.31. The first kappa shape index (κ1) is 20.0. The van der Waals surface area contributed by atoms with Crippen molar-refractivity contribution >= 4 is 15.9 Å². The lowest BCUT2D eigenvalue weighted by molar-refractivity contribution is 0.0341. The van der Waals surface area contributed by atoms with E-state index in [4.69, 9.17) is 0 Å². The van der Waals surface area contributed by atoms with Gasteiger partial charge in [-0.3, -0.25) is 19.7 Å². The van der Waals surface area contributed by atoms with Crippen molar-refractivity contribution in [1.29, 1.82) is 0 Å². The molecule has 0 spiro atoms. The van der Waals surface area contributed by atoms with Crippen molar-refractivity contribution in [3.63, 3.8) is 0 Å². The molecule has 0 aliphatic carbocycles. The molecule has 2 aliphatic rings. The third-order valence-corrected chi connectivity index (χ3v) is 6.78. The number of likely N-dealkylation sites (tertiary alicyclic amines) is 1. The van der Waals surface area contributed by atoms with Crippen LogP contribution in [0, 0.1) is 0 Å². The number of halogens is 1. The Morgan fingerprint density at radius 1 is 0.964 bits per heavy atom. The minimum atomic E-state index is 0.656. The quantitative estimate of drug-likeness (QED) is 0.697. The summed E-state index contributed by atoms with van der Waals surface area (Å²) in [6.45, 7) is 10.3. The zero-order chi connectivity index (χ0) is 19.3. The van der Waals surface area contributed by atoms with Gasteiger partial charge in [0.1, 0.15) is 0 Å². The summed E-state index contributed by atoms with van der Waals surface area (Å²) < 4.78 is 1.05. The Kier molecular flexibility index (Phi) is 6.78. The molecular formula is C23H31BrN4. The van der Waals surface area contributed by atoms with Crippen molar-refractivity contribution in [3.8, 4) is 0 Å². The Labute approximate surface area is 177 Å². The Balaban J connectivity index is 1.23. The van der Waals surface area contributed by atoms with Crippen molar-refractivity contribution in [1.82, 2.24) is 19.7 Å². The number of piperazine rings is 1. The SMILES string of the molecule is C[C@@H]1C[C@H](N2CCN(Cc3ccc(Br)cn3)CC2)CCN1Cc1ccccc1. The van der Waals surface area contributed by atoms with Crippen LogP contribution in [0.2, 0.25) is 0 Å². The third-order valence-electron chi connectivity index (χ3n) is 6.31. The van der Waals surface area contributed by atoms with Crippen LogP contribution in [0.15, 0.2) is 53.1 Å². The van der Waals surface area contributed by atoms with Gasteiger partial charge in [-0.2, -0.15) is 0 Å². The van der Waals surface area contributed by atoms with Crippen molar-refractivity contribution in [2.24, 2.45) is 0 Å². The van der Waals surface area contributed by atoms with Crippen LogP contribution in [0.4, 0.5) is 0 Å². The highest BCUT2D eigenvalue weighted by molar-refractivity contribution is 9.10. The Morgan fingerprint density at radius 3 is 2.43 bits per heavy atom. The van der Waals surface area contributed by atoms with Crippen LogP contribution in [0.3, 0.4) is 0 Å². The van der Waals surface area contributed by atoms with Crippen molar-refractivity contribution < 1.29 is 0 Å². The summed E-state index contributed by atoms with van der Waals surface area (Å²) in [6, 6.07) is 16.5. The molecule has 0 radical (unpaired) electrons. The standard InChI is InChI=1S/C23H31BrN4/c1-19-15-23(9-10-28(19)17-20-5-3-2-4-6-20)27-13-11-26(12-14-27)18-22-8-7-21(24)16-25-22/h2-8,16,19,23H,9-15,17-18H2,1H3/t19-,23-/m1/s1. The molecule has 150 valence electrons. The molecule has 1 aromatic heterocycles. The van der Waals surface area contributed by atoms with E-state index in [1.54, 1.807) is 0 Å². The molecule has 0 amide bonds. The topological polar surface area (TPSA) is 22.6 Å². The molecular weight excluding hydrogens is 412 g/mol. The lowest BCUT2D eigenvalue weighted by atomic mass is 9.95. The van der Waals surface area contributed by atoms with Gasteiger partial charge in [-0.15, -0.1) is 0 Å². The molecule has 4 rings (SSSR count). The molecule has 0 bridgehead atoms. The number of benzene rings is 1. The van der Waals surface area contributed by atoms with Gasteiger partial charge in [0, 0.05) is 68.6 Å². The predicted octanol–water partition coefficient (Wildman–Crippen LogP) is 4.01. The first-order chi connectivity index (χ1) is 13.7. The van der Waals surface area contributed by atoms with Crippen LogP contribution in [-0.4, -0.2) is 64.5 Å². The van der Waals surface area contributed by atoms with E-state index >= 15 is 0 Å². The van der Waals surface area contributed by atoms with Crippen molar-refractivity contribution in [2.45, 2.75) is 44.9 Å². The summed E-state index contributed by atoms with van der Waals surface area (Å²) in [4.78, 5) is 12.5. The molecule has 2 aliphatic heterocycles. The normalized spacial score (nSPS) is 25.1. The molecule has 1 aromatic carbocycles. The maximum atomic E-state index is 4.53. The lowest BCUT2D eigenvalue weighted by Crippen LogP contribution is -2.54. The summed E-state index contributed by atoms with van der Waals surface area (Å²) >= 11 is 3.46. The molecule has 2 aromatic rings. The van der Waals surface area contributed by atoms with E-state index in [1.165, 1.54) is 43.7 Å². The van der Waals surface area contributed by atoms with Gasteiger partial charge < -0.3 is 0 Å². The second-order valence-electron chi connectivity index (χ2n) is 8.26. The molecule has 4 nitrogen and oxygen atoms in total. The van der Waals surface area contributed by atoms with Crippen LogP contribution in [0.25, 0.3) is 0 Å². The minimum Gasteiger partial charge on any atom is -0.298 e. The average molecular weight is 443 g/mol. The number of hydrogen-bond acceptors (Lipinski definition) is 4. The van der Waals surface area contributed by atoms with E-state index in [1.807, 2.05) is 6.20 Å². The average Bonchev–Trinajstić information content (AvgIpc) is 2.73. The summed E-state index contributed by atoms with van der Waals surface area (Å²) in [5.74, 6) is 0. The largest absolute Gasteiger partial charge is 0.298 e. The van der Waals surface area contributed by atoms with Crippen LogP contribution < -0.4 is 0 Å². The fourth-order valence-corrected chi connectivity index (χ4v) is 4.83. The molecule has 3 heterocycles. The zero-order valence-corrected chi connectivity index (χ0v) is 18.4. The summed E-state index contributed by atoms with van der Waals surface area (Å²) in [6.07, 6.45) is 4.49. The summed E-state index contributed by atoms with van der Waals surface area (Å²) in [5.41, 5.74) is 2.60. The molecule has 0 unspecified atom stereocenters. The van der Waals surface area contributed by atoms with Gasteiger partial charge in [-0.25, -0.2) is 0 Å². The third kappa shape index (κ3) is 5.20. The number of hydrogen-bond donors (Lipinski definition) is 0. The molecule has 2 atom stereocenters. The van der Waals surface area contributed by atoms with Gasteiger partial charge in [0.15, 0.2) is 0 Å². The van der Waals surface area contributed by atoms with Gasteiger partial charge in [-0.1, -0.05) is 30.3 Å². The summed E-state index contributed by atoms with van der Waals surface area (Å²) in [7, 11) is 0. The van der Waals surface area contributed by atoms with Crippen LogP contribution in [0.5, 0.6) is 0 Å². The van der Waals surface area contributed by atoms with E-state index in [0.29, 0.717) is 6.04 Å². The Bertz CT molecular complexity index is 728. The molecule has 5 heteroatoms. The highest BCUT2D eigenvalue weighted by atomic mass is 79.9. The second-order valence-corrected chi connectivity index (χ2v) is 9.18. The van der Waals surface area contributed by atoms with Gasteiger partial charge in [0.2, 0.25) is 0 Å². The number of pyridine rings is 1. The first-order valence-electron chi connectivity index (χ1n) is 10.5. The Morgan fingerprint density at radius 2 is 1.75 bits per heavy atom. The first-order valence-corrected chi connectivity index (χ1v) is 11.3. The number of nitrogens with zero attached hydrogens (tertiary/aromatic N) is 4. The van der Waals surface area contributed by atoms with Crippen LogP contribution in [0.1, 0.15) is 31.0 Å². The predicted molar refractivity (Wildman–Crippen MR) is 118 cm³/mol. The highest BCUT2D eigenvalue weighted by Crippen LogP contribution is 2.24. The van der Waals surface area contributed by atoms with E-state index in [2.05, 4.69) is 85.0 Å². The molecule has 0 saturated carbocycles. The van der Waals surface area contributed by atoms with Crippen molar-refractivity contribution in [3.05, 3.63) is 64.4 Å². The van der Waals surface area contributed by atoms with Gasteiger partial charge in [0.25, 0.3) is 0 Å². The van der Waals surface area contributed by atoms with E-state index in [9.17, 15) is 0 Å².